The first-order valence-electron chi connectivity index (χ1n) is 7.59. The normalized spacial score (nSPS) is 16.3. The molecule has 1 unspecified atom stereocenters. The summed E-state index contributed by atoms with van der Waals surface area (Å²) in [6, 6.07) is 2.79. The first-order valence-corrected chi connectivity index (χ1v) is 7.59. The number of fused-ring (bicyclic) bond motifs is 1. The van der Waals surface area contributed by atoms with Gasteiger partial charge in [0.2, 0.25) is 0 Å². The molecule has 2 rings (SSSR count). The Morgan fingerprint density at radius 2 is 2.08 bits per heavy atom. The van der Waals surface area contributed by atoms with Crippen molar-refractivity contribution in [3.63, 3.8) is 0 Å². The quantitative estimate of drug-likeness (QED) is 0.892. The Labute approximate surface area is 144 Å². The molecule has 0 saturated carbocycles. The van der Waals surface area contributed by atoms with E-state index in [9.17, 15) is 18.7 Å². The van der Waals surface area contributed by atoms with Gasteiger partial charge in [-0.3, -0.25) is 0 Å². The van der Waals surface area contributed by atoms with E-state index in [0.717, 1.165) is 0 Å². The number of hydrogen-bond donors (Lipinski definition) is 1. The summed E-state index contributed by atoms with van der Waals surface area (Å²) < 4.78 is 40.5. The third kappa shape index (κ3) is 3.84. The van der Waals surface area contributed by atoms with Crippen LogP contribution >= 0.6 is 0 Å². The molecule has 0 spiro atoms. The monoisotopic (exact) mass is 357 g/mol. The van der Waals surface area contributed by atoms with Crippen LogP contribution in [-0.4, -0.2) is 41.6 Å². The van der Waals surface area contributed by atoms with Crippen molar-refractivity contribution in [2.45, 2.75) is 38.7 Å². The van der Waals surface area contributed by atoms with Crippen molar-refractivity contribution in [2.75, 3.05) is 13.7 Å². The van der Waals surface area contributed by atoms with Crippen LogP contribution < -0.4 is 9.47 Å². The molecule has 0 aliphatic carbocycles. The summed E-state index contributed by atoms with van der Waals surface area (Å²) in [6.45, 7) is 8.70. The zero-order valence-electron chi connectivity index (χ0n) is 14.5. The van der Waals surface area contributed by atoms with Crippen LogP contribution in [0.1, 0.15) is 38.0 Å². The van der Waals surface area contributed by atoms with Crippen molar-refractivity contribution in [3.05, 3.63) is 29.8 Å². The Bertz CT molecular complexity index is 684. The van der Waals surface area contributed by atoms with Gasteiger partial charge in [0.25, 0.3) is 0 Å². The number of aliphatic hydroxyl groups excluding tert-OH is 1. The van der Waals surface area contributed by atoms with E-state index in [4.69, 9.17) is 4.74 Å². The number of rotatable bonds is 4. The maximum Gasteiger partial charge on any atom is 0.586 e. The molecule has 1 aromatic rings. The highest BCUT2D eigenvalue weighted by Gasteiger charge is 2.46. The maximum atomic E-state index is 13.4. The van der Waals surface area contributed by atoms with Crippen LogP contribution in [0.2, 0.25) is 0 Å². The minimum atomic E-state index is -3.82. The molecule has 1 aliphatic rings. The Balaban J connectivity index is 2.42. The van der Waals surface area contributed by atoms with Gasteiger partial charge in [0.05, 0.1) is 13.7 Å². The lowest BCUT2D eigenvalue weighted by molar-refractivity contribution is -0.287. The van der Waals surface area contributed by atoms with Gasteiger partial charge < -0.3 is 24.2 Å². The fourth-order valence-corrected chi connectivity index (χ4v) is 2.57. The Kier molecular flexibility index (Phi) is 4.94. The van der Waals surface area contributed by atoms with Gasteiger partial charge in [-0.1, -0.05) is 18.7 Å². The van der Waals surface area contributed by atoms with E-state index < -0.39 is 24.0 Å². The zero-order chi connectivity index (χ0) is 19.0. The van der Waals surface area contributed by atoms with Crippen molar-refractivity contribution < 1.29 is 32.9 Å². The Morgan fingerprint density at radius 3 is 2.60 bits per heavy atom. The van der Waals surface area contributed by atoms with Crippen LogP contribution in [0, 0.1) is 0 Å². The second kappa shape index (κ2) is 6.51. The standard InChI is InChI=1S/C17H21F2NO5/c1-6-10-7-8-12-14(25-17(18,19)24-12)13(10)11(21)9-20(15(22)23-5)16(2,3)4/h6-8,11,21H,1,9H2,2-5H3. The van der Waals surface area contributed by atoms with Gasteiger partial charge in [-0.25, -0.2) is 4.79 Å². The Morgan fingerprint density at radius 1 is 1.44 bits per heavy atom. The van der Waals surface area contributed by atoms with Crippen molar-refractivity contribution in [1.29, 1.82) is 0 Å². The molecule has 0 radical (unpaired) electrons. The van der Waals surface area contributed by atoms with E-state index in [1.807, 2.05) is 0 Å². The molecule has 8 heteroatoms. The number of halogens is 2. The number of amides is 1. The van der Waals surface area contributed by atoms with Gasteiger partial charge in [0, 0.05) is 11.1 Å². The molecule has 1 heterocycles. The van der Waals surface area contributed by atoms with Crippen LogP contribution in [0.5, 0.6) is 11.5 Å². The second-order valence-corrected chi connectivity index (χ2v) is 6.53. The number of hydrogen-bond acceptors (Lipinski definition) is 5. The minimum absolute atomic E-state index is 0.0721. The highest BCUT2D eigenvalue weighted by atomic mass is 19.3. The van der Waals surface area contributed by atoms with Crippen LogP contribution in [0.25, 0.3) is 6.08 Å². The average molecular weight is 357 g/mol. The molecular formula is C17H21F2NO5. The summed E-state index contributed by atoms with van der Waals surface area (Å²) in [5, 5.41) is 10.7. The molecule has 1 amide bonds. The van der Waals surface area contributed by atoms with Gasteiger partial charge in [0.1, 0.15) is 6.10 Å². The summed E-state index contributed by atoms with van der Waals surface area (Å²) in [4.78, 5) is 13.3. The van der Waals surface area contributed by atoms with Gasteiger partial charge in [-0.05, 0) is 32.4 Å². The van der Waals surface area contributed by atoms with E-state index >= 15 is 0 Å². The summed E-state index contributed by atoms with van der Waals surface area (Å²) in [6.07, 6.45) is -4.39. The summed E-state index contributed by atoms with van der Waals surface area (Å²) in [5.41, 5.74) is -0.198. The van der Waals surface area contributed by atoms with Crippen LogP contribution in [-0.2, 0) is 4.74 Å². The fourth-order valence-electron chi connectivity index (χ4n) is 2.57. The lowest BCUT2D eigenvalue weighted by Crippen LogP contribution is -2.47. The predicted octanol–water partition coefficient (Wildman–Crippen LogP) is 3.55. The first-order chi connectivity index (χ1) is 11.5. The molecule has 6 nitrogen and oxygen atoms in total. The average Bonchev–Trinajstić information content (AvgIpc) is 2.83. The topological polar surface area (TPSA) is 68.2 Å². The predicted molar refractivity (Wildman–Crippen MR) is 86.6 cm³/mol. The summed E-state index contributed by atoms with van der Waals surface area (Å²) in [7, 11) is 1.22. The number of β-amino-alcohol motifs (C(OH)–C–C–N with tert-alkyl or cyclic N) is 1. The number of methoxy groups -OCH3 is 1. The number of carbonyl (C=O) groups is 1. The molecule has 25 heavy (non-hydrogen) atoms. The molecule has 1 aliphatic heterocycles. The lowest BCUT2D eigenvalue weighted by Gasteiger charge is -2.36. The van der Waals surface area contributed by atoms with Crippen LogP contribution in [0.4, 0.5) is 13.6 Å². The van der Waals surface area contributed by atoms with E-state index in [0.29, 0.717) is 5.56 Å². The second-order valence-electron chi connectivity index (χ2n) is 6.53. The molecule has 0 aromatic heterocycles. The third-order valence-corrected chi connectivity index (χ3v) is 3.76. The van der Waals surface area contributed by atoms with Gasteiger partial charge in [0.15, 0.2) is 11.5 Å². The Hall–Kier alpha value is -2.35. The number of aliphatic hydroxyl groups is 1. The lowest BCUT2D eigenvalue weighted by atomic mass is 9.98. The number of benzene rings is 1. The van der Waals surface area contributed by atoms with Crippen LogP contribution in [0.15, 0.2) is 18.7 Å². The zero-order valence-corrected chi connectivity index (χ0v) is 14.5. The number of alkyl halides is 2. The molecule has 1 aromatic carbocycles. The maximum absolute atomic E-state index is 13.4. The molecule has 1 atom stereocenters. The van der Waals surface area contributed by atoms with E-state index in [2.05, 4.69) is 16.1 Å². The van der Waals surface area contributed by atoms with Crippen molar-refractivity contribution in [1.82, 2.24) is 4.90 Å². The third-order valence-electron chi connectivity index (χ3n) is 3.76. The molecule has 0 bridgehead atoms. The number of ether oxygens (including phenoxy) is 3. The fraction of sp³-hybridized carbons (Fsp3) is 0.471. The van der Waals surface area contributed by atoms with Crippen molar-refractivity contribution in [3.8, 4) is 11.5 Å². The number of nitrogens with zero attached hydrogens (tertiary/aromatic N) is 1. The molecular weight excluding hydrogens is 336 g/mol. The summed E-state index contributed by atoms with van der Waals surface area (Å²) in [5.74, 6) is -0.460. The largest absolute Gasteiger partial charge is 0.586 e. The molecule has 0 saturated heterocycles. The summed E-state index contributed by atoms with van der Waals surface area (Å²) >= 11 is 0. The van der Waals surface area contributed by atoms with E-state index in [1.165, 1.54) is 30.2 Å². The first kappa shape index (κ1) is 19.0. The van der Waals surface area contributed by atoms with Gasteiger partial charge in [-0.2, -0.15) is 0 Å². The van der Waals surface area contributed by atoms with Crippen LogP contribution in [0.3, 0.4) is 0 Å². The van der Waals surface area contributed by atoms with Crippen molar-refractivity contribution >= 4 is 12.2 Å². The van der Waals surface area contributed by atoms with Gasteiger partial charge >= 0.3 is 12.4 Å². The minimum Gasteiger partial charge on any atom is -0.453 e. The molecule has 1 N–H and O–H groups in total. The van der Waals surface area contributed by atoms with Crippen molar-refractivity contribution in [2.24, 2.45) is 0 Å². The van der Waals surface area contributed by atoms with Gasteiger partial charge in [-0.15, -0.1) is 8.78 Å². The van der Waals surface area contributed by atoms with E-state index in [-0.39, 0.29) is 23.6 Å². The number of carbonyl (C=O) groups excluding carboxylic acids is 1. The highest BCUT2D eigenvalue weighted by Crippen LogP contribution is 2.47. The smallest absolute Gasteiger partial charge is 0.453 e. The molecule has 138 valence electrons. The SMILES string of the molecule is C=Cc1ccc2c(c1C(O)CN(C(=O)OC)C(C)(C)C)OC(F)(F)O2. The molecule has 0 fully saturated rings. The highest BCUT2D eigenvalue weighted by molar-refractivity contribution is 5.69. The van der Waals surface area contributed by atoms with E-state index in [1.54, 1.807) is 20.8 Å².